The van der Waals surface area contributed by atoms with Crippen LogP contribution in [0.3, 0.4) is 0 Å². The fraction of sp³-hybridized carbons (Fsp3) is 0.308. The number of carbonyl (C=O) groups excluding carboxylic acids is 1. The minimum Gasteiger partial charge on any atom is -0.293 e. The molecule has 14 heavy (non-hydrogen) atoms. The Kier molecular flexibility index (Phi) is 2.24. The van der Waals surface area contributed by atoms with E-state index in [2.05, 4.69) is 13.0 Å². The largest absolute Gasteiger partial charge is 0.293 e. The average molecular weight is 186 g/mol. The van der Waals surface area contributed by atoms with E-state index in [0.29, 0.717) is 0 Å². The predicted octanol–water partition coefficient (Wildman–Crippen LogP) is 3.31. The van der Waals surface area contributed by atoms with Crippen LogP contribution in [0.25, 0.3) is 6.08 Å². The summed E-state index contributed by atoms with van der Waals surface area (Å²) in [6.07, 6.45) is 3.11. The molecule has 0 fully saturated rings. The number of allylic oxidation sites excluding steroid dienone is 1. The molecule has 0 aliphatic heterocycles. The number of hydrogen-bond donors (Lipinski definition) is 0. The van der Waals surface area contributed by atoms with Crippen LogP contribution in [0.1, 0.15) is 36.2 Å². The van der Waals surface area contributed by atoms with Gasteiger partial charge in [0, 0.05) is 11.5 Å². The third-order valence-corrected chi connectivity index (χ3v) is 2.92. The molecule has 0 N–H and O–H groups in total. The molecule has 1 heteroatoms. The van der Waals surface area contributed by atoms with Crippen molar-refractivity contribution in [1.29, 1.82) is 0 Å². The van der Waals surface area contributed by atoms with E-state index in [1.165, 1.54) is 5.57 Å². The van der Waals surface area contributed by atoms with Crippen LogP contribution in [0.2, 0.25) is 0 Å². The molecule has 1 aromatic carbocycles. The van der Waals surface area contributed by atoms with Gasteiger partial charge in [-0.1, -0.05) is 49.8 Å². The van der Waals surface area contributed by atoms with Crippen molar-refractivity contribution in [3.05, 3.63) is 41.0 Å². The number of carbonyl (C=O) groups is 1. The maximum Gasteiger partial charge on any atom is 0.170 e. The predicted molar refractivity (Wildman–Crippen MR) is 58.2 cm³/mol. The van der Waals surface area contributed by atoms with Crippen LogP contribution in [-0.2, 0) is 0 Å². The first kappa shape index (κ1) is 9.20. The van der Waals surface area contributed by atoms with Gasteiger partial charge in [-0.05, 0) is 12.0 Å². The van der Waals surface area contributed by atoms with E-state index in [1.807, 2.05) is 31.2 Å². The molecule has 0 spiro atoms. The summed E-state index contributed by atoms with van der Waals surface area (Å²) in [6.45, 7) is 4.09. The van der Waals surface area contributed by atoms with E-state index in [1.54, 1.807) is 0 Å². The highest BCUT2D eigenvalue weighted by Crippen LogP contribution is 2.29. The first-order chi connectivity index (χ1) is 6.74. The molecule has 0 amide bonds. The van der Waals surface area contributed by atoms with Gasteiger partial charge in [-0.15, -0.1) is 0 Å². The maximum absolute atomic E-state index is 11.9. The first-order valence-electron chi connectivity index (χ1n) is 5.07. The highest BCUT2D eigenvalue weighted by molar-refractivity contribution is 6.05. The molecule has 2 rings (SSSR count). The zero-order valence-corrected chi connectivity index (χ0v) is 8.58. The summed E-state index contributed by atoms with van der Waals surface area (Å²) >= 11 is 0. The first-order valence-corrected chi connectivity index (χ1v) is 5.07. The Morgan fingerprint density at radius 3 is 2.71 bits per heavy atom. The molecular weight excluding hydrogens is 172 g/mol. The molecule has 0 aromatic heterocycles. The van der Waals surface area contributed by atoms with Gasteiger partial charge in [-0.3, -0.25) is 4.79 Å². The SMILES string of the molecule is CCC1=Cc2ccccc2C(=O)C1C. The quantitative estimate of drug-likeness (QED) is 0.657. The topological polar surface area (TPSA) is 17.1 Å². The maximum atomic E-state index is 11.9. The monoisotopic (exact) mass is 186 g/mol. The molecule has 1 nitrogen and oxygen atoms in total. The van der Waals surface area contributed by atoms with Gasteiger partial charge < -0.3 is 0 Å². The second-order valence-corrected chi connectivity index (χ2v) is 3.75. The van der Waals surface area contributed by atoms with Gasteiger partial charge in [0.2, 0.25) is 0 Å². The molecule has 0 bridgehead atoms. The van der Waals surface area contributed by atoms with Gasteiger partial charge in [-0.2, -0.15) is 0 Å². The molecule has 1 aromatic rings. The van der Waals surface area contributed by atoms with E-state index in [-0.39, 0.29) is 11.7 Å². The summed E-state index contributed by atoms with van der Waals surface area (Å²) in [5, 5.41) is 0. The summed E-state index contributed by atoms with van der Waals surface area (Å²) in [5.41, 5.74) is 3.19. The number of hydrogen-bond acceptors (Lipinski definition) is 1. The van der Waals surface area contributed by atoms with Gasteiger partial charge in [0.25, 0.3) is 0 Å². The van der Waals surface area contributed by atoms with Crippen LogP contribution >= 0.6 is 0 Å². The van der Waals surface area contributed by atoms with Crippen molar-refractivity contribution in [2.45, 2.75) is 20.3 Å². The lowest BCUT2D eigenvalue weighted by molar-refractivity contribution is 0.0945. The summed E-state index contributed by atoms with van der Waals surface area (Å²) in [4.78, 5) is 11.9. The molecule has 1 aliphatic rings. The highest BCUT2D eigenvalue weighted by Gasteiger charge is 2.24. The van der Waals surface area contributed by atoms with Gasteiger partial charge in [0.05, 0.1) is 0 Å². The molecule has 0 heterocycles. The zero-order valence-electron chi connectivity index (χ0n) is 8.58. The number of Topliss-reactive ketones (excluding diaryl/α,β-unsaturated/α-hetero) is 1. The Morgan fingerprint density at radius 2 is 2.00 bits per heavy atom. The number of benzene rings is 1. The van der Waals surface area contributed by atoms with Crippen molar-refractivity contribution in [3.63, 3.8) is 0 Å². The highest BCUT2D eigenvalue weighted by atomic mass is 16.1. The smallest absolute Gasteiger partial charge is 0.170 e. The van der Waals surface area contributed by atoms with Gasteiger partial charge in [0.15, 0.2) is 5.78 Å². The summed E-state index contributed by atoms with van der Waals surface area (Å²) < 4.78 is 0. The fourth-order valence-corrected chi connectivity index (χ4v) is 1.98. The van der Waals surface area contributed by atoms with Crippen LogP contribution in [0.5, 0.6) is 0 Å². The summed E-state index contributed by atoms with van der Waals surface area (Å²) in [7, 11) is 0. The van der Waals surface area contributed by atoms with Crippen molar-refractivity contribution in [2.24, 2.45) is 5.92 Å². The van der Waals surface area contributed by atoms with Gasteiger partial charge in [-0.25, -0.2) is 0 Å². The lowest BCUT2D eigenvalue weighted by Crippen LogP contribution is -2.18. The average Bonchev–Trinajstić information content (AvgIpc) is 2.23. The van der Waals surface area contributed by atoms with Gasteiger partial charge >= 0.3 is 0 Å². The Hall–Kier alpha value is -1.37. The summed E-state index contributed by atoms with van der Waals surface area (Å²) in [6, 6.07) is 7.83. The molecule has 0 saturated heterocycles. The van der Waals surface area contributed by atoms with Crippen molar-refractivity contribution >= 4 is 11.9 Å². The van der Waals surface area contributed by atoms with Crippen LogP contribution in [0.15, 0.2) is 29.8 Å². The third-order valence-electron chi connectivity index (χ3n) is 2.92. The number of rotatable bonds is 1. The van der Waals surface area contributed by atoms with Gasteiger partial charge in [0.1, 0.15) is 0 Å². The molecule has 1 unspecified atom stereocenters. The van der Waals surface area contributed by atoms with E-state index >= 15 is 0 Å². The Labute approximate surface area is 84.5 Å². The summed E-state index contributed by atoms with van der Waals surface area (Å²) in [5.74, 6) is 0.329. The molecule has 72 valence electrons. The van der Waals surface area contributed by atoms with Crippen LogP contribution < -0.4 is 0 Å². The van der Waals surface area contributed by atoms with E-state index in [9.17, 15) is 4.79 Å². The van der Waals surface area contributed by atoms with E-state index in [0.717, 1.165) is 17.5 Å². The second kappa shape index (κ2) is 3.41. The lowest BCUT2D eigenvalue weighted by atomic mass is 9.82. The Bertz CT molecular complexity index is 401. The van der Waals surface area contributed by atoms with E-state index < -0.39 is 0 Å². The molecule has 1 aliphatic carbocycles. The minimum absolute atomic E-state index is 0.0647. The molecule has 1 atom stereocenters. The second-order valence-electron chi connectivity index (χ2n) is 3.75. The van der Waals surface area contributed by atoms with Crippen LogP contribution in [0, 0.1) is 5.92 Å². The van der Waals surface area contributed by atoms with Crippen molar-refractivity contribution in [3.8, 4) is 0 Å². The number of ketones is 1. The van der Waals surface area contributed by atoms with Crippen LogP contribution in [0.4, 0.5) is 0 Å². The number of fused-ring (bicyclic) bond motifs is 1. The molecule has 0 saturated carbocycles. The molecular formula is C13H14O. The molecule has 0 radical (unpaired) electrons. The standard InChI is InChI=1S/C13H14O/c1-3-10-8-11-6-4-5-7-12(11)13(14)9(10)2/h4-9H,3H2,1-2H3. The van der Waals surface area contributed by atoms with Crippen molar-refractivity contribution in [2.75, 3.05) is 0 Å². The fourth-order valence-electron chi connectivity index (χ4n) is 1.98. The third kappa shape index (κ3) is 1.29. The zero-order chi connectivity index (χ0) is 10.1. The lowest BCUT2D eigenvalue weighted by Gasteiger charge is -2.20. The van der Waals surface area contributed by atoms with Crippen molar-refractivity contribution < 1.29 is 4.79 Å². The van der Waals surface area contributed by atoms with Crippen molar-refractivity contribution in [1.82, 2.24) is 0 Å². The normalized spacial score (nSPS) is 20.3. The van der Waals surface area contributed by atoms with E-state index in [4.69, 9.17) is 0 Å². The minimum atomic E-state index is 0.0647. The Morgan fingerprint density at radius 1 is 1.29 bits per heavy atom. The Balaban J connectivity index is 2.57. The van der Waals surface area contributed by atoms with Crippen LogP contribution in [-0.4, -0.2) is 5.78 Å².